The van der Waals surface area contributed by atoms with Crippen LogP contribution in [-0.2, 0) is 4.79 Å². The fourth-order valence-corrected chi connectivity index (χ4v) is 3.53. The molecule has 2 aromatic heterocycles. The first-order valence-corrected chi connectivity index (χ1v) is 9.33. The molecule has 0 saturated carbocycles. The Morgan fingerprint density at radius 1 is 1.14 bits per heavy atom. The maximum Gasteiger partial charge on any atom is 0.336 e. The van der Waals surface area contributed by atoms with Gasteiger partial charge in [0.15, 0.2) is 11.6 Å². The highest BCUT2D eigenvalue weighted by Gasteiger charge is 2.12. The zero-order valence-corrected chi connectivity index (χ0v) is 15.8. The Morgan fingerprint density at radius 2 is 1.96 bits per heavy atom. The number of benzene rings is 2. The van der Waals surface area contributed by atoms with Crippen LogP contribution in [-0.4, -0.2) is 22.7 Å². The van der Waals surface area contributed by atoms with E-state index in [2.05, 4.69) is 15.5 Å². The van der Waals surface area contributed by atoms with Crippen LogP contribution in [0, 0.1) is 0 Å². The van der Waals surface area contributed by atoms with E-state index in [-0.39, 0.29) is 6.61 Å². The quantitative estimate of drug-likeness (QED) is 0.497. The Labute approximate surface area is 167 Å². The number of fused-ring (bicyclic) bond motifs is 1. The Morgan fingerprint density at radius 3 is 2.82 bits per heavy atom. The molecule has 28 heavy (non-hydrogen) atoms. The molecule has 140 valence electrons. The van der Waals surface area contributed by atoms with Gasteiger partial charge in [0.2, 0.25) is 5.13 Å². The van der Waals surface area contributed by atoms with Gasteiger partial charge in [-0.05, 0) is 24.3 Å². The molecule has 1 amide bonds. The predicted molar refractivity (Wildman–Crippen MR) is 107 cm³/mol. The average molecular weight is 414 g/mol. The molecular weight excluding hydrogens is 402 g/mol. The topological polar surface area (TPSA) is 94.3 Å². The van der Waals surface area contributed by atoms with Gasteiger partial charge in [-0.2, -0.15) is 0 Å². The summed E-state index contributed by atoms with van der Waals surface area (Å²) in [7, 11) is 0. The van der Waals surface area contributed by atoms with E-state index in [0.717, 1.165) is 10.9 Å². The van der Waals surface area contributed by atoms with Crippen LogP contribution in [0.1, 0.15) is 0 Å². The van der Waals surface area contributed by atoms with Crippen LogP contribution in [0.4, 0.5) is 5.13 Å². The number of amides is 1. The van der Waals surface area contributed by atoms with E-state index in [4.69, 9.17) is 20.8 Å². The smallest absolute Gasteiger partial charge is 0.336 e. The Bertz CT molecular complexity index is 1220. The van der Waals surface area contributed by atoms with Crippen molar-refractivity contribution in [1.82, 2.24) is 10.2 Å². The van der Waals surface area contributed by atoms with E-state index in [1.165, 1.54) is 17.4 Å². The molecule has 4 rings (SSSR count). The molecule has 7 nitrogen and oxygen atoms in total. The lowest BCUT2D eigenvalue weighted by molar-refractivity contribution is -0.118. The normalized spacial score (nSPS) is 10.8. The second-order valence-corrected chi connectivity index (χ2v) is 7.07. The summed E-state index contributed by atoms with van der Waals surface area (Å²) in [6.07, 6.45) is 0. The fraction of sp³-hybridized carbons (Fsp3) is 0.0526. The van der Waals surface area contributed by atoms with Crippen molar-refractivity contribution in [3.05, 3.63) is 70.0 Å². The van der Waals surface area contributed by atoms with Gasteiger partial charge in [0.05, 0.1) is 5.02 Å². The van der Waals surface area contributed by atoms with Crippen LogP contribution >= 0.6 is 22.9 Å². The molecule has 0 aliphatic heterocycles. The first-order chi connectivity index (χ1) is 13.6. The highest BCUT2D eigenvalue weighted by atomic mass is 35.5. The summed E-state index contributed by atoms with van der Waals surface area (Å²) in [4.78, 5) is 23.4. The number of nitrogens with one attached hydrogen (secondary N) is 1. The molecule has 0 aliphatic carbocycles. The van der Waals surface area contributed by atoms with E-state index < -0.39 is 11.5 Å². The van der Waals surface area contributed by atoms with Crippen molar-refractivity contribution < 1.29 is 13.9 Å². The molecule has 9 heteroatoms. The van der Waals surface area contributed by atoms with Crippen molar-refractivity contribution >= 4 is 44.9 Å². The molecule has 0 fully saturated rings. The maximum atomic E-state index is 12.1. The molecule has 0 saturated heterocycles. The Balaban J connectivity index is 1.40. The van der Waals surface area contributed by atoms with Crippen molar-refractivity contribution in [3.8, 4) is 16.3 Å². The molecule has 0 spiro atoms. The molecule has 4 aromatic rings. The van der Waals surface area contributed by atoms with Gasteiger partial charge in [-0.15, -0.1) is 10.2 Å². The number of halogens is 1. The summed E-state index contributed by atoms with van der Waals surface area (Å²) in [5.74, 6) is 0.0162. The molecule has 0 unspecified atom stereocenters. The number of rotatable bonds is 5. The molecule has 0 atom stereocenters. The van der Waals surface area contributed by atoms with Gasteiger partial charge in [-0.3, -0.25) is 10.1 Å². The minimum Gasteiger partial charge on any atom is -0.484 e. The molecular formula is C19H12ClN3O4S. The number of hydrogen-bond donors (Lipinski definition) is 1. The number of hydrogen-bond acceptors (Lipinski definition) is 7. The Kier molecular flexibility index (Phi) is 5.05. The van der Waals surface area contributed by atoms with E-state index >= 15 is 0 Å². The first kappa shape index (κ1) is 18.1. The maximum absolute atomic E-state index is 12.1. The van der Waals surface area contributed by atoms with Gasteiger partial charge >= 0.3 is 5.63 Å². The van der Waals surface area contributed by atoms with Gasteiger partial charge in [0, 0.05) is 23.1 Å². The van der Waals surface area contributed by atoms with E-state index in [1.54, 1.807) is 30.3 Å². The minimum absolute atomic E-state index is 0.233. The van der Waals surface area contributed by atoms with Crippen molar-refractivity contribution in [2.24, 2.45) is 0 Å². The lowest BCUT2D eigenvalue weighted by atomic mass is 10.2. The van der Waals surface area contributed by atoms with Gasteiger partial charge in [0.1, 0.15) is 11.3 Å². The SMILES string of the molecule is O=C(COc1ccc2ccc(=O)oc2c1)Nc1nnc(-c2ccccc2Cl)s1. The van der Waals surface area contributed by atoms with Crippen LogP contribution in [0.5, 0.6) is 5.75 Å². The molecule has 0 radical (unpaired) electrons. The molecule has 0 aliphatic rings. The molecule has 1 N–H and O–H groups in total. The summed E-state index contributed by atoms with van der Waals surface area (Å²) in [6, 6.07) is 15.3. The summed E-state index contributed by atoms with van der Waals surface area (Å²) < 4.78 is 10.6. The van der Waals surface area contributed by atoms with E-state index in [1.807, 2.05) is 18.2 Å². The van der Waals surface area contributed by atoms with Crippen molar-refractivity contribution in [2.75, 3.05) is 11.9 Å². The summed E-state index contributed by atoms with van der Waals surface area (Å²) in [5, 5.41) is 12.9. The highest BCUT2D eigenvalue weighted by Crippen LogP contribution is 2.31. The number of carbonyl (C=O) groups excluding carboxylic acids is 1. The third-order valence-electron chi connectivity index (χ3n) is 3.74. The number of anilines is 1. The van der Waals surface area contributed by atoms with Crippen LogP contribution < -0.4 is 15.7 Å². The predicted octanol–water partition coefficient (Wildman–Crippen LogP) is 3.98. The Hall–Kier alpha value is -3.23. The van der Waals surface area contributed by atoms with Crippen LogP contribution in [0.2, 0.25) is 5.02 Å². The number of ether oxygens (including phenoxy) is 1. The molecule has 2 heterocycles. The van der Waals surface area contributed by atoms with Crippen LogP contribution in [0.3, 0.4) is 0 Å². The van der Waals surface area contributed by atoms with Crippen LogP contribution in [0.25, 0.3) is 21.5 Å². The van der Waals surface area contributed by atoms with Gasteiger partial charge < -0.3 is 9.15 Å². The second-order valence-electron chi connectivity index (χ2n) is 5.68. The first-order valence-electron chi connectivity index (χ1n) is 8.13. The third kappa shape index (κ3) is 4.03. The summed E-state index contributed by atoms with van der Waals surface area (Å²) in [5.41, 5.74) is 0.683. The zero-order chi connectivity index (χ0) is 19.5. The molecule has 2 aromatic carbocycles. The van der Waals surface area contributed by atoms with Gasteiger partial charge in [-0.25, -0.2) is 4.79 Å². The van der Waals surface area contributed by atoms with Crippen molar-refractivity contribution in [1.29, 1.82) is 0 Å². The van der Waals surface area contributed by atoms with Gasteiger partial charge in [0.25, 0.3) is 5.91 Å². The number of carbonyl (C=O) groups is 1. The standard InChI is InChI=1S/C19H12ClN3O4S/c20-14-4-2-1-3-13(14)18-22-23-19(28-18)21-16(24)10-26-12-7-5-11-6-8-17(25)27-15(11)9-12/h1-9H,10H2,(H,21,23,24). The third-order valence-corrected chi connectivity index (χ3v) is 4.94. The average Bonchev–Trinajstić information content (AvgIpc) is 3.14. The van der Waals surface area contributed by atoms with Gasteiger partial charge in [-0.1, -0.05) is 41.1 Å². The lowest BCUT2D eigenvalue weighted by Crippen LogP contribution is -2.20. The zero-order valence-electron chi connectivity index (χ0n) is 14.2. The fourth-order valence-electron chi connectivity index (χ4n) is 2.45. The second kappa shape index (κ2) is 7.79. The number of nitrogens with zero attached hydrogens (tertiary/aromatic N) is 2. The van der Waals surface area contributed by atoms with E-state index in [0.29, 0.717) is 26.5 Å². The minimum atomic E-state index is -0.451. The summed E-state index contributed by atoms with van der Waals surface area (Å²) >= 11 is 7.36. The van der Waals surface area contributed by atoms with E-state index in [9.17, 15) is 9.59 Å². The largest absolute Gasteiger partial charge is 0.484 e. The summed E-state index contributed by atoms with van der Waals surface area (Å²) in [6.45, 7) is -0.233. The van der Waals surface area contributed by atoms with Crippen molar-refractivity contribution in [2.45, 2.75) is 0 Å². The monoisotopic (exact) mass is 413 g/mol. The number of aromatic nitrogens is 2. The molecule has 0 bridgehead atoms. The van der Waals surface area contributed by atoms with Crippen LogP contribution in [0.15, 0.2) is 63.8 Å². The highest BCUT2D eigenvalue weighted by molar-refractivity contribution is 7.18. The van der Waals surface area contributed by atoms with Crippen molar-refractivity contribution in [3.63, 3.8) is 0 Å². The lowest BCUT2D eigenvalue weighted by Gasteiger charge is -2.06.